The quantitative estimate of drug-likeness (QED) is 0.839. The maximum absolute atomic E-state index is 12.9. The molecule has 0 spiro atoms. The van der Waals surface area contributed by atoms with Crippen molar-refractivity contribution in [3.05, 3.63) is 53.3 Å². The summed E-state index contributed by atoms with van der Waals surface area (Å²) in [6.07, 6.45) is 0.335. The number of halogens is 4. The van der Waals surface area contributed by atoms with Crippen molar-refractivity contribution in [3.8, 4) is 5.69 Å². The van der Waals surface area contributed by atoms with Crippen molar-refractivity contribution in [1.82, 2.24) is 9.55 Å². The van der Waals surface area contributed by atoms with Crippen LogP contribution in [0.3, 0.4) is 0 Å². The Balaban J connectivity index is 2.44. The third-order valence-electron chi connectivity index (χ3n) is 2.58. The lowest BCUT2D eigenvalue weighted by atomic mass is 10.2. The SMILES string of the molecule is C=CCNc1nccn1-c1ccc(Br)c(C(F)(F)F)c1. The minimum atomic E-state index is -4.41. The molecule has 0 aliphatic heterocycles. The molecule has 20 heavy (non-hydrogen) atoms. The standard InChI is InChI=1S/C13H11BrF3N3/c1-2-5-18-12-19-6-7-20(12)9-3-4-11(14)10(8-9)13(15,16)17/h2-4,6-8H,1,5H2,(H,18,19). The molecule has 3 nitrogen and oxygen atoms in total. The van der Waals surface area contributed by atoms with Crippen LogP contribution in [0, 0.1) is 0 Å². The largest absolute Gasteiger partial charge is 0.417 e. The average molecular weight is 346 g/mol. The van der Waals surface area contributed by atoms with E-state index in [0.717, 1.165) is 6.07 Å². The zero-order valence-electron chi connectivity index (χ0n) is 10.3. The highest BCUT2D eigenvalue weighted by molar-refractivity contribution is 9.10. The summed E-state index contributed by atoms with van der Waals surface area (Å²) in [5.74, 6) is 0.459. The molecule has 0 bridgehead atoms. The van der Waals surface area contributed by atoms with E-state index in [1.165, 1.54) is 12.3 Å². The van der Waals surface area contributed by atoms with Crippen LogP contribution in [0.4, 0.5) is 19.1 Å². The summed E-state index contributed by atoms with van der Waals surface area (Å²) in [7, 11) is 0. The Morgan fingerprint density at radius 2 is 2.15 bits per heavy atom. The average Bonchev–Trinajstić information content (AvgIpc) is 2.84. The fourth-order valence-corrected chi connectivity index (χ4v) is 2.16. The molecule has 0 unspecified atom stereocenters. The van der Waals surface area contributed by atoms with E-state index < -0.39 is 11.7 Å². The Hall–Kier alpha value is -1.76. The summed E-state index contributed by atoms with van der Waals surface area (Å²) in [6, 6.07) is 4.03. The molecule has 2 aromatic rings. The first-order valence-corrected chi connectivity index (χ1v) is 6.48. The number of nitrogens with zero attached hydrogens (tertiary/aromatic N) is 2. The van der Waals surface area contributed by atoms with Gasteiger partial charge in [-0.3, -0.25) is 4.57 Å². The van der Waals surface area contributed by atoms with Crippen LogP contribution < -0.4 is 5.32 Å². The first kappa shape index (κ1) is 14.6. The summed E-state index contributed by atoms with van der Waals surface area (Å²) in [5.41, 5.74) is -0.344. The van der Waals surface area contributed by atoms with Crippen LogP contribution in [0.15, 0.2) is 47.7 Å². The Kier molecular flexibility index (Phi) is 4.17. The molecule has 0 aliphatic carbocycles. The van der Waals surface area contributed by atoms with Gasteiger partial charge in [-0.1, -0.05) is 22.0 Å². The molecular formula is C13H11BrF3N3. The highest BCUT2D eigenvalue weighted by Crippen LogP contribution is 2.36. The monoisotopic (exact) mass is 345 g/mol. The molecule has 2 rings (SSSR count). The van der Waals surface area contributed by atoms with Gasteiger partial charge in [0.15, 0.2) is 0 Å². The predicted molar refractivity (Wildman–Crippen MR) is 75.0 cm³/mol. The summed E-state index contributed by atoms with van der Waals surface area (Å²) < 4.78 is 40.2. The van der Waals surface area contributed by atoms with E-state index in [9.17, 15) is 13.2 Å². The van der Waals surface area contributed by atoms with Gasteiger partial charge in [-0.2, -0.15) is 13.2 Å². The van der Waals surface area contributed by atoms with Crippen LogP contribution in [0.1, 0.15) is 5.56 Å². The lowest BCUT2D eigenvalue weighted by Gasteiger charge is -2.13. The highest BCUT2D eigenvalue weighted by Gasteiger charge is 2.33. The molecule has 0 fully saturated rings. The molecule has 0 saturated carbocycles. The minimum Gasteiger partial charge on any atom is -0.352 e. The molecule has 0 aliphatic rings. The van der Waals surface area contributed by atoms with Gasteiger partial charge in [0.05, 0.1) is 5.56 Å². The van der Waals surface area contributed by atoms with E-state index in [1.54, 1.807) is 22.9 Å². The topological polar surface area (TPSA) is 29.9 Å². The van der Waals surface area contributed by atoms with Crippen molar-refractivity contribution < 1.29 is 13.2 Å². The van der Waals surface area contributed by atoms with E-state index in [1.807, 2.05) is 0 Å². The van der Waals surface area contributed by atoms with Gasteiger partial charge in [-0.05, 0) is 18.2 Å². The number of anilines is 1. The van der Waals surface area contributed by atoms with Crippen molar-refractivity contribution in [2.75, 3.05) is 11.9 Å². The van der Waals surface area contributed by atoms with Gasteiger partial charge in [0.2, 0.25) is 5.95 Å². The van der Waals surface area contributed by atoms with Crippen molar-refractivity contribution >= 4 is 21.9 Å². The maximum atomic E-state index is 12.9. The fourth-order valence-electron chi connectivity index (χ4n) is 1.69. The second-order valence-electron chi connectivity index (χ2n) is 3.95. The van der Waals surface area contributed by atoms with E-state index in [4.69, 9.17) is 0 Å². The van der Waals surface area contributed by atoms with Crippen LogP contribution in [0.2, 0.25) is 0 Å². The van der Waals surface area contributed by atoms with E-state index >= 15 is 0 Å². The zero-order chi connectivity index (χ0) is 14.8. The van der Waals surface area contributed by atoms with Crippen LogP contribution >= 0.6 is 15.9 Å². The first-order chi connectivity index (χ1) is 9.43. The lowest BCUT2D eigenvalue weighted by molar-refractivity contribution is -0.138. The van der Waals surface area contributed by atoms with E-state index in [2.05, 4.69) is 32.8 Å². The van der Waals surface area contributed by atoms with Crippen LogP contribution in [0.25, 0.3) is 5.69 Å². The number of aromatic nitrogens is 2. The molecule has 0 amide bonds. The van der Waals surface area contributed by atoms with Crippen LogP contribution in [-0.2, 0) is 6.18 Å². The van der Waals surface area contributed by atoms with Crippen molar-refractivity contribution in [2.24, 2.45) is 0 Å². The summed E-state index contributed by atoms with van der Waals surface area (Å²) in [5, 5.41) is 2.96. The number of hydrogen-bond acceptors (Lipinski definition) is 2. The Bertz CT molecular complexity index is 620. The molecule has 0 radical (unpaired) electrons. The molecule has 1 aromatic heterocycles. The number of benzene rings is 1. The molecule has 1 N–H and O–H groups in total. The van der Waals surface area contributed by atoms with Gasteiger partial charge in [0.1, 0.15) is 0 Å². The third-order valence-corrected chi connectivity index (χ3v) is 3.27. The molecule has 0 atom stereocenters. The normalized spacial score (nSPS) is 11.4. The predicted octanol–water partition coefficient (Wildman–Crippen LogP) is 4.25. The van der Waals surface area contributed by atoms with Gasteiger partial charge in [-0.25, -0.2) is 4.98 Å². The number of hydrogen-bond donors (Lipinski definition) is 1. The van der Waals surface area contributed by atoms with Crippen molar-refractivity contribution in [3.63, 3.8) is 0 Å². The Morgan fingerprint density at radius 3 is 2.80 bits per heavy atom. The van der Waals surface area contributed by atoms with Gasteiger partial charge in [-0.15, -0.1) is 6.58 Å². The fraction of sp³-hybridized carbons (Fsp3) is 0.154. The molecule has 1 heterocycles. The lowest BCUT2D eigenvalue weighted by Crippen LogP contribution is -2.09. The number of alkyl halides is 3. The molecule has 106 valence electrons. The van der Waals surface area contributed by atoms with Crippen LogP contribution in [-0.4, -0.2) is 16.1 Å². The summed E-state index contributed by atoms with van der Waals surface area (Å²) >= 11 is 2.92. The second-order valence-corrected chi connectivity index (χ2v) is 4.81. The van der Waals surface area contributed by atoms with Crippen molar-refractivity contribution in [1.29, 1.82) is 0 Å². The maximum Gasteiger partial charge on any atom is 0.417 e. The number of imidazole rings is 1. The third kappa shape index (κ3) is 3.04. The Labute approximate surface area is 122 Å². The second kappa shape index (κ2) is 5.70. The van der Waals surface area contributed by atoms with Crippen molar-refractivity contribution in [2.45, 2.75) is 6.18 Å². The van der Waals surface area contributed by atoms with Gasteiger partial charge in [0.25, 0.3) is 0 Å². The molecule has 7 heteroatoms. The Morgan fingerprint density at radius 1 is 1.40 bits per heavy atom. The zero-order valence-corrected chi connectivity index (χ0v) is 11.9. The first-order valence-electron chi connectivity index (χ1n) is 5.68. The summed E-state index contributed by atoms with van der Waals surface area (Å²) in [4.78, 5) is 4.06. The highest BCUT2D eigenvalue weighted by atomic mass is 79.9. The summed E-state index contributed by atoms with van der Waals surface area (Å²) in [6.45, 7) is 4.04. The van der Waals surface area contributed by atoms with Gasteiger partial charge >= 0.3 is 6.18 Å². The molecule has 0 saturated heterocycles. The van der Waals surface area contributed by atoms with E-state index in [-0.39, 0.29) is 4.47 Å². The number of rotatable bonds is 4. The van der Waals surface area contributed by atoms with E-state index in [0.29, 0.717) is 18.2 Å². The smallest absolute Gasteiger partial charge is 0.352 e. The molecular weight excluding hydrogens is 335 g/mol. The minimum absolute atomic E-state index is 0.00876. The van der Waals surface area contributed by atoms with Crippen LogP contribution in [0.5, 0.6) is 0 Å². The van der Waals surface area contributed by atoms with Gasteiger partial charge in [0, 0.05) is 29.1 Å². The molecule has 1 aromatic carbocycles. The number of nitrogens with one attached hydrogen (secondary N) is 1. The van der Waals surface area contributed by atoms with Gasteiger partial charge < -0.3 is 5.32 Å².